The lowest BCUT2D eigenvalue weighted by atomic mass is 9.36. The fraction of sp³-hybridized carbons (Fsp3) is 0.170. The molecule has 6 heteroatoms. The van der Waals surface area contributed by atoms with Crippen LogP contribution in [0.5, 0.6) is 0 Å². The summed E-state index contributed by atoms with van der Waals surface area (Å²) in [4.78, 5) is 5.03. The molecular weight excluding hydrogens is 739 g/mol. The van der Waals surface area contributed by atoms with Gasteiger partial charge in [-0.25, -0.2) is 0 Å². The summed E-state index contributed by atoms with van der Waals surface area (Å²) in [5.74, 6) is 0. The van der Waals surface area contributed by atoms with Crippen molar-refractivity contribution in [2.75, 3.05) is 9.80 Å². The van der Waals surface area contributed by atoms with E-state index in [1.54, 1.807) is 0 Å². The van der Waals surface area contributed by atoms with E-state index in [1.165, 1.54) is 70.6 Å². The second-order valence-electron chi connectivity index (χ2n) is 18.6. The summed E-state index contributed by atoms with van der Waals surface area (Å²) in [7, 11) is 0. The number of anilines is 6. The quantitative estimate of drug-likeness (QED) is 0.164. The number of aryl methyl sites for hydroxylation is 1. The summed E-state index contributed by atoms with van der Waals surface area (Å²) >= 11 is 1.94. The summed E-state index contributed by atoms with van der Waals surface area (Å²) < 4.78 is 16.5. The van der Waals surface area contributed by atoms with Crippen LogP contribution in [0.15, 0.2) is 142 Å². The Balaban J connectivity index is 1.22. The van der Waals surface area contributed by atoms with Gasteiger partial charge in [-0.3, -0.25) is 0 Å². The SMILES string of the molecule is Cc1cc2c3c(c1)N(c1ccc(C(C)(C)C)c4c1oc1ccccc14)c1c(sc4ccc(C(C)(C)C)cc14)B3c1ccccc1N2c1cccc2c1oc1ccccc12. The maximum Gasteiger partial charge on any atom is 0.264 e. The molecule has 0 unspecified atom stereocenters. The average molecular weight is 783 g/mol. The van der Waals surface area contributed by atoms with Gasteiger partial charge in [0.2, 0.25) is 0 Å². The summed E-state index contributed by atoms with van der Waals surface area (Å²) in [5, 5.41) is 5.87. The molecule has 0 amide bonds. The van der Waals surface area contributed by atoms with Crippen LogP contribution in [-0.4, -0.2) is 6.71 Å². The van der Waals surface area contributed by atoms with E-state index in [2.05, 4.69) is 192 Å². The van der Waals surface area contributed by atoms with Gasteiger partial charge in [0.1, 0.15) is 11.2 Å². The van der Waals surface area contributed by atoms with Crippen molar-refractivity contribution in [2.45, 2.75) is 59.3 Å². The molecule has 4 nitrogen and oxygen atoms in total. The van der Waals surface area contributed by atoms with Crippen molar-refractivity contribution in [1.82, 2.24) is 0 Å². The first kappa shape index (κ1) is 34.8. The molecule has 12 rings (SSSR count). The van der Waals surface area contributed by atoms with Crippen LogP contribution >= 0.6 is 11.3 Å². The van der Waals surface area contributed by atoms with Gasteiger partial charge >= 0.3 is 0 Å². The first-order chi connectivity index (χ1) is 28.5. The first-order valence-electron chi connectivity index (χ1n) is 20.7. The van der Waals surface area contributed by atoms with E-state index in [-0.39, 0.29) is 17.5 Å². The van der Waals surface area contributed by atoms with Crippen molar-refractivity contribution in [1.29, 1.82) is 0 Å². The molecule has 0 spiro atoms. The van der Waals surface area contributed by atoms with Gasteiger partial charge in [-0.15, -0.1) is 11.3 Å². The highest BCUT2D eigenvalue weighted by Gasteiger charge is 2.46. The van der Waals surface area contributed by atoms with E-state index < -0.39 is 0 Å². The molecule has 7 aromatic carbocycles. The van der Waals surface area contributed by atoms with Crippen LogP contribution in [0.2, 0.25) is 0 Å². The Hall–Kier alpha value is -6.24. The maximum absolute atomic E-state index is 7.06. The number of benzene rings is 7. The van der Waals surface area contributed by atoms with Crippen LogP contribution in [0, 0.1) is 6.92 Å². The largest absolute Gasteiger partial charge is 0.454 e. The second-order valence-corrected chi connectivity index (χ2v) is 19.7. The van der Waals surface area contributed by atoms with Crippen molar-refractivity contribution in [2.24, 2.45) is 0 Å². The van der Waals surface area contributed by atoms with Gasteiger partial charge in [-0.2, -0.15) is 0 Å². The molecule has 0 saturated carbocycles. The summed E-state index contributed by atoms with van der Waals surface area (Å²) in [5.41, 5.74) is 16.8. The number of rotatable bonds is 2. The van der Waals surface area contributed by atoms with Gasteiger partial charge in [0.05, 0.1) is 17.1 Å². The Kier molecular flexibility index (Phi) is 7.03. The van der Waals surface area contributed by atoms with E-state index in [0.717, 1.165) is 49.9 Å². The summed E-state index contributed by atoms with van der Waals surface area (Å²) in [6.45, 7) is 16.1. The minimum absolute atomic E-state index is 0.0137. The molecule has 5 heterocycles. The molecule has 0 N–H and O–H groups in total. The minimum atomic E-state index is -0.0946. The van der Waals surface area contributed by atoms with Crippen molar-refractivity contribution in [3.05, 3.63) is 150 Å². The fourth-order valence-corrected chi connectivity index (χ4v) is 11.4. The van der Waals surface area contributed by atoms with Crippen molar-refractivity contribution < 1.29 is 8.83 Å². The standard InChI is InChI=1S/C53H43BN2O2S/c1-30-27-41-47-42(28-30)56(40-25-24-36(53(5,6)7)46-34-16-9-13-22-44(34)58-50(40)46)48-35-29-31(52(2,3)4)23-26-45(35)59-51(48)54(47)37-18-10-11-19-38(37)55(41)39-20-14-17-33-32-15-8-12-21-43(32)57-49(33)39/h8-29H,1-7H3. The van der Waals surface area contributed by atoms with E-state index in [1.807, 2.05) is 11.3 Å². The third-order valence-corrected chi connectivity index (χ3v) is 14.0. The molecule has 0 atom stereocenters. The average Bonchev–Trinajstić information content (AvgIpc) is 3.91. The minimum Gasteiger partial charge on any atom is -0.454 e. The molecule has 10 aromatic rings. The van der Waals surface area contributed by atoms with Crippen molar-refractivity contribution >= 4 is 122 Å². The molecule has 2 aliphatic rings. The number of nitrogens with zero attached hydrogens (tertiary/aromatic N) is 2. The van der Waals surface area contributed by atoms with Crippen LogP contribution < -0.4 is 25.5 Å². The molecule has 0 aliphatic carbocycles. The highest BCUT2D eigenvalue weighted by atomic mass is 32.1. The smallest absolute Gasteiger partial charge is 0.264 e. The lowest BCUT2D eigenvalue weighted by Crippen LogP contribution is -2.60. The first-order valence-corrected chi connectivity index (χ1v) is 21.5. The van der Waals surface area contributed by atoms with Crippen molar-refractivity contribution in [3.63, 3.8) is 0 Å². The van der Waals surface area contributed by atoms with Gasteiger partial charge in [-0.05, 0) is 100.0 Å². The maximum atomic E-state index is 7.06. The van der Waals surface area contributed by atoms with Gasteiger partial charge in [-0.1, -0.05) is 120 Å². The number of para-hydroxylation sites is 4. The van der Waals surface area contributed by atoms with Crippen molar-refractivity contribution in [3.8, 4) is 0 Å². The molecule has 3 aromatic heterocycles. The monoisotopic (exact) mass is 782 g/mol. The van der Waals surface area contributed by atoms with Crippen LogP contribution in [0.3, 0.4) is 0 Å². The predicted octanol–water partition coefficient (Wildman–Crippen LogP) is 13.7. The van der Waals surface area contributed by atoms with Crippen LogP contribution in [-0.2, 0) is 10.8 Å². The molecule has 0 bridgehead atoms. The zero-order valence-corrected chi connectivity index (χ0v) is 35.2. The highest BCUT2D eigenvalue weighted by Crippen LogP contribution is 2.52. The highest BCUT2D eigenvalue weighted by molar-refractivity contribution is 7.33. The molecule has 286 valence electrons. The number of hydrogen-bond acceptors (Lipinski definition) is 5. The van der Waals surface area contributed by atoms with Gasteiger partial charge in [0.25, 0.3) is 6.71 Å². The van der Waals surface area contributed by atoms with Gasteiger partial charge < -0.3 is 18.6 Å². The number of furan rings is 2. The number of thiophene rings is 1. The fourth-order valence-electron chi connectivity index (χ4n) is 10.1. The lowest BCUT2D eigenvalue weighted by molar-refractivity contribution is 0.591. The Bertz CT molecular complexity index is 3410. The molecular formula is C53H43BN2O2S. The lowest BCUT2D eigenvalue weighted by Gasteiger charge is -2.43. The van der Waals surface area contributed by atoms with Gasteiger partial charge in [0, 0.05) is 53.5 Å². The van der Waals surface area contributed by atoms with E-state index in [9.17, 15) is 0 Å². The predicted molar refractivity (Wildman–Crippen MR) is 253 cm³/mol. The third-order valence-electron chi connectivity index (χ3n) is 12.8. The van der Waals surface area contributed by atoms with Gasteiger partial charge in [0.15, 0.2) is 11.2 Å². The number of fused-ring (bicyclic) bond motifs is 12. The Morgan fingerprint density at radius 3 is 1.95 bits per heavy atom. The summed E-state index contributed by atoms with van der Waals surface area (Å²) in [6, 6.07) is 49.2. The molecule has 0 fully saturated rings. The van der Waals surface area contributed by atoms with E-state index >= 15 is 0 Å². The molecule has 0 saturated heterocycles. The van der Waals surface area contributed by atoms with Crippen LogP contribution in [0.1, 0.15) is 58.2 Å². The molecule has 0 radical (unpaired) electrons. The topological polar surface area (TPSA) is 32.8 Å². The Morgan fingerprint density at radius 2 is 1.17 bits per heavy atom. The molecule has 2 aliphatic heterocycles. The molecule has 59 heavy (non-hydrogen) atoms. The summed E-state index contributed by atoms with van der Waals surface area (Å²) in [6.07, 6.45) is 0. The zero-order chi connectivity index (χ0) is 40.1. The van der Waals surface area contributed by atoms with E-state index in [0.29, 0.717) is 0 Å². The zero-order valence-electron chi connectivity index (χ0n) is 34.4. The van der Waals surface area contributed by atoms with Crippen LogP contribution in [0.4, 0.5) is 34.1 Å². The van der Waals surface area contributed by atoms with Crippen LogP contribution in [0.25, 0.3) is 54.0 Å². The second kappa shape index (κ2) is 11.9. The third kappa shape index (κ3) is 4.84. The Labute approximate surface area is 348 Å². The normalized spacial score (nSPS) is 13.9. The van der Waals surface area contributed by atoms with E-state index in [4.69, 9.17) is 8.83 Å². The Morgan fingerprint density at radius 1 is 0.525 bits per heavy atom. The number of hydrogen-bond donors (Lipinski definition) is 0.